The summed E-state index contributed by atoms with van der Waals surface area (Å²) in [6.45, 7) is 2.02. The van der Waals surface area contributed by atoms with E-state index in [9.17, 15) is 9.59 Å². The molecule has 2 rings (SSSR count). The third kappa shape index (κ3) is 3.55. The number of carbonyl (C=O) groups is 2. The maximum Gasteiger partial charge on any atom is 0.367 e. The second kappa shape index (κ2) is 6.81. The number of hydrogen-bond donors (Lipinski definition) is 1. The van der Waals surface area contributed by atoms with Crippen molar-refractivity contribution in [3.05, 3.63) is 16.1 Å². The van der Waals surface area contributed by atoms with Crippen molar-refractivity contribution in [2.24, 2.45) is 0 Å². The monoisotopic (exact) mass is 298 g/mol. The second-order valence-corrected chi connectivity index (χ2v) is 5.46. The zero-order valence-electron chi connectivity index (χ0n) is 11.5. The van der Waals surface area contributed by atoms with E-state index < -0.39 is 5.97 Å². The fourth-order valence-electron chi connectivity index (χ4n) is 2.21. The Morgan fingerprint density at radius 1 is 1.50 bits per heavy atom. The maximum absolute atomic E-state index is 12.0. The van der Waals surface area contributed by atoms with Gasteiger partial charge in [0.05, 0.1) is 12.7 Å². The quantitative estimate of drug-likeness (QED) is 0.836. The van der Waals surface area contributed by atoms with Gasteiger partial charge in [0.25, 0.3) is 5.91 Å². The van der Waals surface area contributed by atoms with E-state index in [0.717, 1.165) is 30.6 Å². The Morgan fingerprint density at radius 2 is 2.30 bits per heavy atom. The van der Waals surface area contributed by atoms with Gasteiger partial charge in [0, 0.05) is 18.5 Å². The number of amides is 1. The van der Waals surface area contributed by atoms with Crippen LogP contribution in [0, 0.1) is 0 Å². The Morgan fingerprint density at radius 3 is 2.95 bits per heavy atom. The lowest BCUT2D eigenvalue weighted by atomic mass is 10.2. The standard InChI is InChI=1S/C13H18N2O4S/c1-3-19-13(17)12-15-10(7-20-12)11(16)14-8-4-5-9(6-8)18-2/h7-9H,3-6H2,1-2H3,(H,14,16). The molecular formula is C13H18N2O4S. The molecule has 1 aromatic rings. The summed E-state index contributed by atoms with van der Waals surface area (Å²) in [6.07, 6.45) is 2.88. The molecule has 1 saturated carbocycles. The minimum atomic E-state index is -0.489. The SMILES string of the molecule is CCOC(=O)c1nc(C(=O)NC2CCC(OC)C2)cs1. The molecule has 1 aliphatic rings. The maximum atomic E-state index is 12.0. The van der Waals surface area contributed by atoms with E-state index in [1.165, 1.54) is 0 Å². The number of hydrogen-bond acceptors (Lipinski definition) is 6. The Balaban J connectivity index is 1.91. The van der Waals surface area contributed by atoms with Gasteiger partial charge in [-0.25, -0.2) is 9.78 Å². The number of rotatable bonds is 5. The van der Waals surface area contributed by atoms with Crippen molar-refractivity contribution in [1.82, 2.24) is 10.3 Å². The molecule has 1 heterocycles. The largest absolute Gasteiger partial charge is 0.461 e. The molecule has 1 aliphatic carbocycles. The van der Waals surface area contributed by atoms with Crippen LogP contribution in [0.2, 0.25) is 0 Å². The zero-order valence-corrected chi connectivity index (χ0v) is 12.4. The molecule has 2 unspecified atom stereocenters. The first-order valence-corrected chi connectivity index (χ1v) is 7.48. The fraction of sp³-hybridized carbons (Fsp3) is 0.615. The number of aromatic nitrogens is 1. The highest BCUT2D eigenvalue weighted by atomic mass is 32.1. The lowest BCUT2D eigenvalue weighted by Gasteiger charge is -2.11. The summed E-state index contributed by atoms with van der Waals surface area (Å²) in [5.74, 6) is -0.740. The van der Waals surface area contributed by atoms with Crippen molar-refractivity contribution in [2.75, 3.05) is 13.7 Å². The van der Waals surface area contributed by atoms with Crippen molar-refractivity contribution < 1.29 is 19.1 Å². The minimum Gasteiger partial charge on any atom is -0.461 e. The van der Waals surface area contributed by atoms with E-state index >= 15 is 0 Å². The summed E-state index contributed by atoms with van der Waals surface area (Å²) >= 11 is 1.12. The van der Waals surface area contributed by atoms with E-state index in [-0.39, 0.29) is 28.8 Å². The van der Waals surface area contributed by atoms with E-state index in [4.69, 9.17) is 9.47 Å². The Hall–Kier alpha value is -1.47. The van der Waals surface area contributed by atoms with Crippen molar-refractivity contribution in [1.29, 1.82) is 0 Å². The summed E-state index contributed by atoms with van der Waals surface area (Å²) in [7, 11) is 1.68. The Kier molecular flexibility index (Phi) is 5.08. The Bertz CT molecular complexity index is 488. The molecule has 2 atom stereocenters. The highest BCUT2D eigenvalue weighted by molar-refractivity contribution is 7.11. The number of carbonyl (C=O) groups excluding carboxylic acids is 2. The van der Waals surface area contributed by atoms with Crippen LogP contribution in [0.5, 0.6) is 0 Å². The molecule has 0 saturated heterocycles. The van der Waals surface area contributed by atoms with Gasteiger partial charge in [0.1, 0.15) is 5.69 Å². The average molecular weight is 298 g/mol. The summed E-state index contributed by atoms with van der Waals surface area (Å²) in [5.41, 5.74) is 0.263. The third-order valence-corrected chi connectivity index (χ3v) is 4.06. The summed E-state index contributed by atoms with van der Waals surface area (Å²) < 4.78 is 10.1. The number of thiazole rings is 1. The number of nitrogens with zero attached hydrogens (tertiary/aromatic N) is 1. The number of nitrogens with one attached hydrogen (secondary N) is 1. The molecular weight excluding hydrogens is 280 g/mol. The van der Waals surface area contributed by atoms with Gasteiger partial charge in [-0.15, -0.1) is 11.3 Å². The van der Waals surface area contributed by atoms with Gasteiger partial charge in [-0.1, -0.05) is 0 Å². The van der Waals surface area contributed by atoms with Crippen molar-refractivity contribution >= 4 is 23.2 Å². The summed E-state index contributed by atoms with van der Waals surface area (Å²) in [6, 6.07) is 0.111. The summed E-state index contributed by atoms with van der Waals surface area (Å²) in [4.78, 5) is 27.5. The molecule has 20 heavy (non-hydrogen) atoms. The molecule has 1 aromatic heterocycles. The van der Waals surface area contributed by atoms with Crippen molar-refractivity contribution in [3.63, 3.8) is 0 Å². The van der Waals surface area contributed by atoms with Crippen LogP contribution in [-0.4, -0.2) is 42.7 Å². The van der Waals surface area contributed by atoms with Gasteiger partial charge in [-0.2, -0.15) is 0 Å². The predicted octanol–water partition coefficient (Wildman–Crippen LogP) is 1.62. The molecule has 0 spiro atoms. The van der Waals surface area contributed by atoms with Crippen LogP contribution in [0.25, 0.3) is 0 Å². The van der Waals surface area contributed by atoms with Crippen LogP contribution in [0.15, 0.2) is 5.38 Å². The highest BCUT2D eigenvalue weighted by Crippen LogP contribution is 2.22. The molecule has 0 radical (unpaired) electrons. The van der Waals surface area contributed by atoms with E-state index in [1.54, 1.807) is 19.4 Å². The fourth-order valence-corrected chi connectivity index (χ4v) is 2.90. The molecule has 6 nitrogen and oxygen atoms in total. The predicted molar refractivity (Wildman–Crippen MR) is 74.0 cm³/mol. The van der Waals surface area contributed by atoms with Crippen LogP contribution >= 0.6 is 11.3 Å². The minimum absolute atomic E-state index is 0.111. The zero-order chi connectivity index (χ0) is 14.5. The van der Waals surface area contributed by atoms with Gasteiger partial charge < -0.3 is 14.8 Å². The van der Waals surface area contributed by atoms with Crippen molar-refractivity contribution in [3.8, 4) is 0 Å². The summed E-state index contributed by atoms with van der Waals surface area (Å²) in [5, 5.41) is 4.70. The topological polar surface area (TPSA) is 77.5 Å². The molecule has 1 amide bonds. The van der Waals surface area contributed by atoms with Crippen molar-refractivity contribution in [2.45, 2.75) is 38.3 Å². The van der Waals surface area contributed by atoms with Gasteiger partial charge >= 0.3 is 5.97 Å². The third-order valence-electron chi connectivity index (χ3n) is 3.24. The first kappa shape index (κ1) is 14.9. The molecule has 1 fully saturated rings. The van der Waals surface area contributed by atoms with Crippen LogP contribution in [0.4, 0.5) is 0 Å². The molecule has 7 heteroatoms. The number of esters is 1. The molecule has 1 N–H and O–H groups in total. The van der Waals surface area contributed by atoms with E-state index in [1.807, 2.05) is 0 Å². The second-order valence-electron chi connectivity index (χ2n) is 4.60. The van der Waals surface area contributed by atoms with Crippen LogP contribution in [-0.2, 0) is 9.47 Å². The van der Waals surface area contributed by atoms with Gasteiger partial charge in [0.2, 0.25) is 5.01 Å². The van der Waals surface area contributed by atoms with Crippen LogP contribution < -0.4 is 5.32 Å². The van der Waals surface area contributed by atoms with Gasteiger partial charge in [-0.3, -0.25) is 4.79 Å². The molecule has 0 bridgehead atoms. The smallest absolute Gasteiger partial charge is 0.367 e. The van der Waals surface area contributed by atoms with Gasteiger partial charge in [0.15, 0.2) is 0 Å². The normalized spacial score (nSPS) is 21.7. The first-order valence-electron chi connectivity index (χ1n) is 6.60. The molecule has 0 aliphatic heterocycles. The van der Waals surface area contributed by atoms with E-state index in [0.29, 0.717) is 6.61 Å². The van der Waals surface area contributed by atoms with Crippen LogP contribution in [0.3, 0.4) is 0 Å². The molecule has 110 valence electrons. The molecule has 0 aromatic carbocycles. The highest BCUT2D eigenvalue weighted by Gasteiger charge is 2.26. The van der Waals surface area contributed by atoms with E-state index in [2.05, 4.69) is 10.3 Å². The Labute approximate surface area is 121 Å². The lowest BCUT2D eigenvalue weighted by Crippen LogP contribution is -2.33. The van der Waals surface area contributed by atoms with Gasteiger partial charge in [-0.05, 0) is 26.2 Å². The lowest BCUT2D eigenvalue weighted by molar-refractivity contribution is 0.0526. The average Bonchev–Trinajstić information content (AvgIpc) is 3.07. The first-order chi connectivity index (χ1) is 9.63. The number of methoxy groups -OCH3 is 1. The van der Waals surface area contributed by atoms with Crippen LogP contribution in [0.1, 0.15) is 46.5 Å². The number of ether oxygens (including phenoxy) is 2.